The summed E-state index contributed by atoms with van der Waals surface area (Å²) in [6, 6.07) is 3.76. The molecule has 0 atom stereocenters. The van der Waals surface area contributed by atoms with Crippen LogP contribution in [-0.2, 0) is 0 Å². The van der Waals surface area contributed by atoms with Crippen molar-refractivity contribution in [1.29, 1.82) is 0 Å². The van der Waals surface area contributed by atoms with Gasteiger partial charge in [0.05, 0.1) is 21.6 Å². The minimum atomic E-state index is 0.0563. The first kappa shape index (κ1) is 10.5. The number of rotatable bonds is 1. The molecule has 0 saturated heterocycles. The van der Waals surface area contributed by atoms with Gasteiger partial charge in [-0.05, 0) is 41.1 Å². The van der Waals surface area contributed by atoms with Crippen molar-refractivity contribution in [3.8, 4) is 5.75 Å². The maximum Gasteiger partial charge on any atom is 0.203 e. The van der Waals surface area contributed by atoms with Crippen molar-refractivity contribution in [1.82, 2.24) is 4.98 Å². The molecular formula is C11H10INO2. The number of methoxy groups -OCH3 is 1. The van der Waals surface area contributed by atoms with E-state index in [1.807, 2.05) is 41.6 Å². The Hall–Kier alpha value is -1.04. The van der Waals surface area contributed by atoms with Crippen LogP contribution in [0.15, 0.2) is 23.1 Å². The zero-order chi connectivity index (χ0) is 11.0. The number of H-pyrrole nitrogens is 1. The minimum absolute atomic E-state index is 0.0563. The van der Waals surface area contributed by atoms with Gasteiger partial charge in [0.15, 0.2) is 0 Å². The highest BCUT2D eigenvalue weighted by atomic mass is 127. The van der Waals surface area contributed by atoms with Crippen molar-refractivity contribution in [2.24, 2.45) is 0 Å². The van der Waals surface area contributed by atoms with Gasteiger partial charge in [0.2, 0.25) is 5.43 Å². The van der Waals surface area contributed by atoms with Crippen LogP contribution in [0.2, 0.25) is 0 Å². The molecule has 0 unspecified atom stereocenters. The van der Waals surface area contributed by atoms with E-state index in [2.05, 4.69) is 4.98 Å². The lowest BCUT2D eigenvalue weighted by Gasteiger charge is -2.07. The molecule has 15 heavy (non-hydrogen) atoms. The monoisotopic (exact) mass is 315 g/mol. The summed E-state index contributed by atoms with van der Waals surface area (Å²) < 4.78 is 5.90. The van der Waals surface area contributed by atoms with Crippen LogP contribution in [-0.4, -0.2) is 12.1 Å². The molecule has 1 aromatic carbocycles. The molecule has 2 aromatic rings. The van der Waals surface area contributed by atoms with Crippen molar-refractivity contribution in [2.75, 3.05) is 7.11 Å². The summed E-state index contributed by atoms with van der Waals surface area (Å²) in [4.78, 5) is 15.0. The van der Waals surface area contributed by atoms with Gasteiger partial charge < -0.3 is 9.72 Å². The number of ether oxygens (including phenoxy) is 1. The highest BCUT2D eigenvalue weighted by molar-refractivity contribution is 14.1. The van der Waals surface area contributed by atoms with Gasteiger partial charge in [0.1, 0.15) is 5.75 Å². The fourth-order valence-electron chi connectivity index (χ4n) is 1.61. The van der Waals surface area contributed by atoms with Crippen molar-refractivity contribution >= 4 is 33.5 Å². The SMILES string of the molecule is COc1ccc(C)c2c(=O)c(I)c[nH]c12. The Kier molecular flexibility index (Phi) is 2.68. The Bertz CT molecular complexity index is 575. The second kappa shape index (κ2) is 3.84. The highest BCUT2D eigenvalue weighted by Crippen LogP contribution is 2.24. The zero-order valence-corrected chi connectivity index (χ0v) is 10.6. The summed E-state index contributed by atoms with van der Waals surface area (Å²) in [7, 11) is 1.60. The predicted octanol–water partition coefficient (Wildman–Crippen LogP) is 2.45. The Morgan fingerprint density at radius 3 is 2.80 bits per heavy atom. The maximum absolute atomic E-state index is 11.9. The van der Waals surface area contributed by atoms with Gasteiger partial charge in [-0.25, -0.2) is 0 Å². The van der Waals surface area contributed by atoms with Crippen molar-refractivity contribution < 1.29 is 4.74 Å². The fraction of sp³-hybridized carbons (Fsp3) is 0.182. The van der Waals surface area contributed by atoms with Gasteiger partial charge in [0, 0.05) is 6.20 Å². The molecule has 0 spiro atoms. The number of hydrogen-bond acceptors (Lipinski definition) is 2. The van der Waals surface area contributed by atoms with Crippen LogP contribution in [0.1, 0.15) is 5.56 Å². The summed E-state index contributed by atoms with van der Waals surface area (Å²) in [6.07, 6.45) is 1.70. The third kappa shape index (κ3) is 1.62. The van der Waals surface area contributed by atoms with Gasteiger partial charge in [-0.15, -0.1) is 0 Å². The van der Waals surface area contributed by atoms with Crippen molar-refractivity contribution in [3.05, 3.63) is 37.7 Å². The van der Waals surface area contributed by atoms with E-state index in [1.54, 1.807) is 13.3 Å². The molecular weight excluding hydrogens is 305 g/mol. The molecule has 0 bridgehead atoms. The molecule has 0 aliphatic carbocycles. The lowest BCUT2D eigenvalue weighted by molar-refractivity contribution is 0.419. The number of aromatic nitrogens is 1. The second-order valence-corrected chi connectivity index (χ2v) is 4.46. The molecule has 1 heterocycles. The Morgan fingerprint density at radius 2 is 2.13 bits per heavy atom. The van der Waals surface area contributed by atoms with E-state index in [0.717, 1.165) is 11.1 Å². The molecule has 1 aromatic heterocycles. The first-order chi connectivity index (χ1) is 7.15. The van der Waals surface area contributed by atoms with Gasteiger partial charge in [0.25, 0.3) is 0 Å². The molecule has 78 valence electrons. The normalized spacial score (nSPS) is 10.6. The summed E-state index contributed by atoms with van der Waals surface area (Å²) in [6.45, 7) is 1.92. The third-order valence-corrected chi connectivity index (χ3v) is 3.18. The summed E-state index contributed by atoms with van der Waals surface area (Å²) in [5, 5.41) is 0.709. The Morgan fingerprint density at radius 1 is 1.40 bits per heavy atom. The van der Waals surface area contributed by atoms with Gasteiger partial charge >= 0.3 is 0 Å². The number of nitrogens with one attached hydrogen (secondary N) is 1. The van der Waals surface area contributed by atoms with Crippen molar-refractivity contribution in [3.63, 3.8) is 0 Å². The van der Waals surface area contributed by atoms with E-state index >= 15 is 0 Å². The average molecular weight is 315 g/mol. The third-order valence-electron chi connectivity index (χ3n) is 2.38. The number of fused-ring (bicyclic) bond motifs is 1. The lowest BCUT2D eigenvalue weighted by atomic mass is 10.1. The lowest BCUT2D eigenvalue weighted by Crippen LogP contribution is -2.08. The molecule has 0 aliphatic heterocycles. The number of aryl methyl sites for hydroxylation is 1. The van der Waals surface area contributed by atoms with Gasteiger partial charge in [-0.1, -0.05) is 6.07 Å². The summed E-state index contributed by atoms with van der Waals surface area (Å²) in [5.41, 5.74) is 1.79. The van der Waals surface area contributed by atoms with E-state index < -0.39 is 0 Å². The minimum Gasteiger partial charge on any atom is -0.495 e. The fourth-order valence-corrected chi connectivity index (χ4v) is 2.04. The van der Waals surface area contributed by atoms with Crippen LogP contribution in [0.4, 0.5) is 0 Å². The first-order valence-corrected chi connectivity index (χ1v) is 5.57. The van der Waals surface area contributed by atoms with Crippen LogP contribution in [0.5, 0.6) is 5.75 Å². The molecule has 2 rings (SSSR count). The molecule has 0 saturated carbocycles. The quantitative estimate of drug-likeness (QED) is 0.822. The van der Waals surface area contributed by atoms with E-state index in [0.29, 0.717) is 14.7 Å². The zero-order valence-electron chi connectivity index (χ0n) is 8.43. The van der Waals surface area contributed by atoms with Crippen LogP contribution in [0.3, 0.4) is 0 Å². The van der Waals surface area contributed by atoms with E-state index in [4.69, 9.17) is 4.74 Å². The van der Waals surface area contributed by atoms with Gasteiger partial charge in [-0.2, -0.15) is 0 Å². The molecule has 0 aliphatic rings. The molecule has 3 nitrogen and oxygen atoms in total. The van der Waals surface area contributed by atoms with E-state index in [-0.39, 0.29) is 5.43 Å². The highest BCUT2D eigenvalue weighted by Gasteiger charge is 2.09. The summed E-state index contributed by atoms with van der Waals surface area (Å²) >= 11 is 2.03. The topological polar surface area (TPSA) is 42.1 Å². The summed E-state index contributed by atoms with van der Waals surface area (Å²) in [5.74, 6) is 0.698. The van der Waals surface area contributed by atoms with E-state index in [9.17, 15) is 4.79 Å². The van der Waals surface area contributed by atoms with Gasteiger partial charge in [-0.3, -0.25) is 4.79 Å². The van der Waals surface area contributed by atoms with Crippen LogP contribution >= 0.6 is 22.6 Å². The number of pyridine rings is 1. The second-order valence-electron chi connectivity index (χ2n) is 3.30. The Labute approximate surface area is 101 Å². The van der Waals surface area contributed by atoms with E-state index in [1.165, 1.54) is 0 Å². The number of halogens is 1. The smallest absolute Gasteiger partial charge is 0.203 e. The largest absolute Gasteiger partial charge is 0.495 e. The molecule has 1 N–H and O–H groups in total. The standard InChI is InChI=1S/C11H10INO2/c1-6-3-4-8(15-2)10-9(6)11(14)7(12)5-13-10/h3-5H,1-2H3,(H,13,14). The predicted molar refractivity (Wildman–Crippen MR) is 68.6 cm³/mol. The van der Waals surface area contributed by atoms with Crippen LogP contribution in [0, 0.1) is 10.5 Å². The first-order valence-electron chi connectivity index (χ1n) is 4.49. The van der Waals surface area contributed by atoms with Crippen molar-refractivity contribution in [2.45, 2.75) is 6.92 Å². The number of hydrogen-bond donors (Lipinski definition) is 1. The molecule has 0 radical (unpaired) electrons. The van der Waals surface area contributed by atoms with Crippen LogP contribution < -0.4 is 10.2 Å². The average Bonchev–Trinajstić information content (AvgIpc) is 2.24. The number of benzene rings is 1. The maximum atomic E-state index is 11.9. The molecule has 0 fully saturated rings. The molecule has 0 amide bonds. The Balaban J connectivity index is 3.00. The molecule has 4 heteroatoms. The van der Waals surface area contributed by atoms with Crippen LogP contribution in [0.25, 0.3) is 10.9 Å². The number of aromatic amines is 1.